The molecule has 2 aliphatic rings. The molecule has 4 nitrogen and oxygen atoms in total. The topological polar surface area (TPSA) is 42.4 Å². The van der Waals surface area contributed by atoms with Crippen LogP contribution >= 0.6 is 11.3 Å². The molecule has 0 saturated carbocycles. The molecule has 2 aliphatic heterocycles. The van der Waals surface area contributed by atoms with E-state index in [1.54, 1.807) is 11.3 Å². The zero-order valence-corrected chi connectivity index (χ0v) is 13.6. The fourth-order valence-electron chi connectivity index (χ4n) is 3.51. The molecule has 0 bridgehead atoms. The van der Waals surface area contributed by atoms with Gasteiger partial charge in [0.05, 0.1) is 16.8 Å². The van der Waals surface area contributed by atoms with Crippen LogP contribution in [0.3, 0.4) is 0 Å². The van der Waals surface area contributed by atoms with E-state index >= 15 is 0 Å². The smallest absolute Gasteiger partial charge is 0.222 e. The molecule has 21 heavy (non-hydrogen) atoms. The van der Waals surface area contributed by atoms with Crippen molar-refractivity contribution in [2.24, 2.45) is 0 Å². The Balaban J connectivity index is 1.52. The first-order chi connectivity index (χ1) is 10.2. The number of likely N-dealkylation sites (tertiary alicyclic amines) is 1. The number of aromatic nitrogens is 1. The van der Waals surface area contributed by atoms with Crippen molar-refractivity contribution in [2.75, 3.05) is 19.7 Å². The largest absolute Gasteiger partial charge is 0.375 e. The molecule has 3 rings (SSSR count). The summed E-state index contributed by atoms with van der Waals surface area (Å²) in [4.78, 5) is 20.0. The van der Waals surface area contributed by atoms with Gasteiger partial charge in [0.2, 0.25) is 5.91 Å². The predicted octanol–water partition coefficient (Wildman–Crippen LogP) is 2.95. The molecule has 3 heterocycles. The van der Waals surface area contributed by atoms with Crippen molar-refractivity contribution in [3.8, 4) is 0 Å². The van der Waals surface area contributed by atoms with Crippen LogP contribution in [0, 0.1) is 6.92 Å². The molecule has 1 amide bonds. The quantitative estimate of drug-likeness (QED) is 0.862. The molecular formula is C16H24N2O2S. The predicted molar refractivity (Wildman–Crippen MR) is 83.5 cm³/mol. The summed E-state index contributed by atoms with van der Waals surface area (Å²) >= 11 is 1.66. The van der Waals surface area contributed by atoms with Crippen molar-refractivity contribution in [3.05, 3.63) is 16.1 Å². The highest BCUT2D eigenvalue weighted by atomic mass is 32.1. The average molecular weight is 308 g/mol. The molecule has 2 saturated heterocycles. The third-order valence-electron chi connectivity index (χ3n) is 4.85. The van der Waals surface area contributed by atoms with E-state index in [1.807, 2.05) is 17.3 Å². The van der Waals surface area contributed by atoms with Gasteiger partial charge >= 0.3 is 0 Å². The zero-order valence-electron chi connectivity index (χ0n) is 12.8. The highest BCUT2D eigenvalue weighted by Crippen LogP contribution is 2.35. The van der Waals surface area contributed by atoms with Crippen molar-refractivity contribution in [1.29, 1.82) is 0 Å². The lowest BCUT2D eigenvalue weighted by Crippen LogP contribution is -2.34. The van der Waals surface area contributed by atoms with Crippen molar-refractivity contribution >= 4 is 17.2 Å². The van der Waals surface area contributed by atoms with Crippen LogP contribution in [-0.4, -0.2) is 41.1 Å². The third-order valence-corrected chi connectivity index (χ3v) is 5.84. The number of ether oxygens (including phenoxy) is 1. The maximum Gasteiger partial charge on any atom is 0.222 e. The standard InChI is InChI=1S/C16H24N2O2S/c1-13-14(21-12-17-13)4-5-15(19)18-9-2-6-16(8-10-18)7-3-11-20-16/h12H,2-11H2,1H3/t16-/m0/s1. The van der Waals surface area contributed by atoms with E-state index in [-0.39, 0.29) is 11.5 Å². The summed E-state index contributed by atoms with van der Waals surface area (Å²) in [6.45, 7) is 4.67. The van der Waals surface area contributed by atoms with Crippen molar-refractivity contribution in [2.45, 2.75) is 57.5 Å². The Kier molecular flexibility index (Phi) is 4.60. The van der Waals surface area contributed by atoms with E-state index in [0.29, 0.717) is 6.42 Å². The molecule has 0 unspecified atom stereocenters. The molecule has 0 N–H and O–H groups in total. The molecular weight excluding hydrogens is 284 g/mol. The Morgan fingerprint density at radius 3 is 2.95 bits per heavy atom. The second kappa shape index (κ2) is 6.44. The van der Waals surface area contributed by atoms with Crippen LogP contribution < -0.4 is 0 Å². The molecule has 1 aromatic heterocycles. The Morgan fingerprint density at radius 1 is 1.38 bits per heavy atom. The number of carbonyl (C=O) groups excluding carboxylic acids is 1. The summed E-state index contributed by atoms with van der Waals surface area (Å²) < 4.78 is 5.98. The number of rotatable bonds is 3. The van der Waals surface area contributed by atoms with Crippen LogP contribution in [0.2, 0.25) is 0 Å². The van der Waals surface area contributed by atoms with Crippen molar-refractivity contribution in [3.63, 3.8) is 0 Å². The summed E-state index contributed by atoms with van der Waals surface area (Å²) in [5.41, 5.74) is 3.02. The van der Waals surface area contributed by atoms with Gasteiger partial charge < -0.3 is 9.64 Å². The Bertz CT molecular complexity index is 494. The molecule has 1 spiro atoms. The molecule has 1 aromatic rings. The fraction of sp³-hybridized carbons (Fsp3) is 0.750. The normalized spacial score (nSPS) is 26.2. The summed E-state index contributed by atoms with van der Waals surface area (Å²) in [5, 5.41) is 0. The second-order valence-electron chi connectivity index (χ2n) is 6.23. The molecule has 0 aromatic carbocycles. The minimum atomic E-state index is 0.0866. The highest BCUT2D eigenvalue weighted by Gasteiger charge is 2.37. The summed E-state index contributed by atoms with van der Waals surface area (Å²) in [6, 6.07) is 0. The van der Waals surface area contributed by atoms with Gasteiger partial charge in [0.25, 0.3) is 0 Å². The maximum atomic E-state index is 12.4. The SMILES string of the molecule is Cc1ncsc1CCC(=O)N1CCC[C@]2(CCCO2)CC1. The van der Waals surface area contributed by atoms with Crippen LogP contribution in [0.4, 0.5) is 0 Å². The molecule has 2 fully saturated rings. The Hall–Kier alpha value is -0.940. The Labute approximate surface area is 130 Å². The van der Waals surface area contributed by atoms with E-state index in [9.17, 15) is 4.79 Å². The van der Waals surface area contributed by atoms with Gasteiger partial charge in [0, 0.05) is 31.0 Å². The van der Waals surface area contributed by atoms with Crippen LogP contribution in [0.1, 0.15) is 49.1 Å². The lowest BCUT2D eigenvalue weighted by atomic mass is 9.92. The average Bonchev–Trinajstić information content (AvgIpc) is 3.03. The molecule has 5 heteroatoms. The minimum absolute atomic E-state index is 0.0866. The number of hydrogen-bond donors (Lipinski definition) is 0. The molecule has 1 atom stereocenters. The van der Waals surface area contributed by atoms with Crippen LogP contribution in [0.15, 0.2) is 5.51 Å². The zero-order chi connectivity index (χ0) is 14.7. The van der Waals surface area contributed by atoms with Gasteiger partial charge in [-0.2, -0.15) is 0 Å². The van der Waals surface area contributed by atoms with Gasteiger partial charge in [-0.1, -0.05) is 0 Å². The van der Waals surface area contributed by atoms with Gasteiger partial charge in [-0.25, -0.2) is 4.98 Å². The fourth-order valence-corrected chi connectivity index (χ4v) is 4.29. The van der Waals surface area contributed by atoms with E-state index in [4.69, 9.17) is 4.74 Å². The van der Waals surface area contributed by atoms with E-state index in [0.717, 1.165) is 51.1 Å². The van der Waals surface area contributed by atoms with Crippen molar-refractivity contribution < 1.29 is 9.53 Å². The first-order valence-electron chi connectivity index (χ1n) is 7.99. The lowest BCUT2D eigenvalue weighted by Gasteiger charge is -2.27. The Morgan fingerprint density at radius 2 is 2.24 bits per heavy atom. The van der Waals surface area contributed by atoms with Gasteiger partial charge in [0.15, 0.2) is 0 Å². The van der Waals surface area contributed by atoms with Gasteiger partial charge in [0.1, 0.15) is 0 Å². The second-order valence-corrected chi connectivity index (χ2v) is 7.17. The van der Waals surface area contributed by atoms with Crippen LogP contribution in [0.25, 0.3) is 0 Å². The summed E-state index contributed by atoms with van der Waals surface area (Å²) in [7, 11) is 0. The minimum Gasteiger partial charge on any atom is -0.375 e. The lowest BCUT2D eigenvalue weighted by molar-refractivity contribution is -0.131. The van der Waals surface area contributed by atoms with E-state index < -0.39 is 0 Å². The number of amides is 1. The van der Waals surface area contributed by atoms with Crippen LogP contribution in [-0.2, 0) is 16.0 Å². The van der Waals surface area contributed by atoms with Crippen molar-refractivity contribution in [1.82, 2.24) is 9.88 Å². The number of carbonyl (C=O) groups is 1. The van der Waals surface area contributed by atoms with E-state index in [2.05, 4.69) is 4.98 Å². The maximum absolute atomic E-state index is 12.4. The molecule has 116 valence electrons. The number of hydrogen-bond acceptors (Lipinski definition) is 4. The number of nitrogens with zero attached hydrogens (tertiary/aromatic N) is 2. The number of thiazole rings is 1. The van der Waals surface area contributed by atoms with E-state index in [1.165, 1.54) is 17.7 Å². The van der Waals surface area contributed by atoms with Gasteiger partial charge in [-0.3, -0.25) is 4.79 Å². The van der Waals surface area contributed by atoms with Gasteiger partial charge in [-0.15, -0.1) is 11.3 Å². The monoisotopic (exact) mass is 308 g/mol. The number of aryl methyl sites for hydroxylation is 2. The summed E-state index contributed by atoms with van der Waals surface area (Å²) in [6.07, 6.45) is 6.99. The molecule has 0 radical (unpaired) electrons. The summed E-state index contributed by atoms with van der Waals surface area (Å²) in [5.74, 6) is 0.290. The van der Waals surface area contributed by atoms with Gasteiger partial charge in [-0.05, 0) is 45.4 Å². The molecule has 0 aliphatic carbocycles. The van der Waals surface area contributed by atoms with Crippen LogP contribution in [0.5, 0.6) is 0 Å². The first-order valence-corrected chi connectivity index (χ1v) is 8.87. The first kappa shape index (κ1) is 15.0. The third kappa shape index (κ3) is 3.46. The highest BCUT2D eigenvalue weighted by molar-refractivity contribution is 7.09.